The molecule has 0 spiro atoms. The predicted octanol–water partition coefficient (Wildman–Crippen LogP) is 1.63. The SMILES string of the molecule is CC1CN(CC2CCCCO2)C(C)(C)CN1. The molecule has 0 aromatic heterocycles. The van der Waals surface area contributed by atoms with Crippen molar-refractivity contribution in [1.82, 2.24) is 10.2 Å². The van der Waals surface area contributed by atoms with Crippen LogP contribution in [0.5, 0.6) is 0 Å². The lowest BCUT2D eigenvalue weighted by molar-refractivity contribution is -0.0364. The lowest BCUT2D eigenvalue weighted by atomic mass is 9.96. The van der Waals surface area contributed by atoms with Crippen molar-refractivity contribution in [3.8, 4) is 0 Å². The third-order valence-electron chi connectivity index (χ3n) is 3.93. The number of piperazine rings is 1. The number of rotatable bonds is 2. The topological polar surface area (TPSA) is 24.5 Å². The second-order valence-corrected chi connectivity index (χ2v) is 5.99. The molecule has 2 aliphatic rings. The van der Waals surface area contributed by atoms with E-state index in [1.807, 2.05) is 0 Å². The fraction of sp³-hybridized carbons (Fsp3) is 1.00. The van der Waals surface area contributed by atoms with Gasteiger partial charge >= 0.3 is 0 Å². The molecule has 0 saturated carbocycles. The molecule has 1 N–H and O–H groups in total. The van der Waals surface area contributed by atoms with Gasteiger partial charge in [0.05, 0.1) is 6.10 Å². The Bertz CT molecular complexity index is 224. The van der Waals surface area contributed by atoms with Gasteiger partial charge in [0.25, 0.3) is 0 Å². The summed E-state index contributed by atoms with van der Waals surface area (Å²) in [7, 11) is 0. The zero-order valence-electron chi connectivity index (χ0n) is 11.0. The van der Waals surface area contributed by atoms with Gasteiger partial charge in [-0.2, -0.15) is 0 Å². The zero-order valence-corrected chi connectivity index (χ0v) is 11.0. The highest BCUT2D eigenvalue weighted by molar-refractivity contribution is 4.92. The Labute approximate surface area is 99.5 Å². The highest BCUT2D eigenvalue weighted by atomic mass is 16.5. The third kappa shape index (κ3) is 2.96. The smallest absolute Gasteiger partial charge is 0.0702 e. The number of hydrogen-bond acceptors (Lipinski definition) is 3. The van der Waals surface area contributed by atoms with Gasteiger partial charge in [-0.15, -0.1) is 0 Å². The maximum Gasteiger partial charge on any atom is 0.0702 e. The Hall–Kier alpha value is -0.120. The number of ether oxygens (including phenoxy) is 1. The highest BCUT2D eigenvalue weighted by Gasteiger charge is 2.34. The maximum absolute atomic E-state index is 5.85. The quantitative estimate of drug-likeness (QED) is 0.774. The van der Waals surface area contributed by atoms with Gasteiger partial charge in [0, 0.05) is 37.8 Å². The first-order valence-electron chi connectivity index (χ1n) is 6.68. The largest absolute Gasteiger partial charge is 0.377 e. The van der Waals surface area contributed by atoms with Crippen LogP contribution >= 0.6 is 0 Å². The van der Waals surface area contributed by atoms with Crippen molar-refractivity contribution in [2.45, 2.75) is 57.7 Å². The minimum absolute atomic E-state index is 0.271. The van der Waals surface area contributed by atoms with Crippen molar-refractivity contribution in [1.29, 1.82) is 0 Å². The minimum Gasteiger partial charge on any atom is -0.377 e. The minimum atomic E-state index is 0.271. The van der Waals surface area contributed by atoms with Crippen LogP contribution in [0, 0.1) is 0 Å². The van der Waals surface area contributed by atoms with E-state index >= 15 is 0 Å². The van der Waals surface area contributed by atoms with Gasteiger partial charge in [-0.1, -0.05) is 0 Å². The zero-order chi connectivity index (χ0) is 11.6. The monoisotopic (exact) mass is 226 g/mol. The molecule has 0 aromatic carbocycles. The Balaban J connectivity index is 1.90. The highest BCUT2D eigenvalue weighted by Crippen LogP contribution is 2.22. The molecule has 2 fully saturated rings. The van der Waals surface area contributed by atoms with Crippen LogP contribution in [0.3, 0.4) is 0 Å². The van der Waals surface area contributed by atoms with E-state index in [-0.39, 0.29) is 5.54 Å². The average molecular weight is 226 g/mol. The number of nitrogens with one attached hydrogen (secondary N) is 1. The molecule has 2 atom stereocenters. The van der Waals surface area contributed by atoms with Gasteiger partial charge in [0.1, 0.15) is 0 Å². The van der Waals surface area contributed by atoms with Crippen molar-refractivity contribution in [2.24, 2.45) is 0 Å². The molecule has 2 heterocycles. The van der Waals surface area contributed by atoms with Crippen molar-refractivity contribution in [2.75, 3.05) is 26.2 Å². The summed E-state index contributed by atoms with van der Waals surface area (Å²) < 4.78 is 5.85. The molecule has 0 aliphatic carbocycles. The van der Waals surface area contributed by atoms with Crippen LogP contribution in [-0.2, 0) is 4.74 Å². The van der Waals surface area contributed by atoms with Crippen molar-refractivity contribution >= 4 is 0 Å². The van der Waals surface area contributed by atoms with Crippen LogP contribution in [0.2, 0.25) is 0 Å². The summed E-state index contributed by atoms with van der Waals surface area (Å²) in [6.45, 7) is 11.2. The van der Waals surface area contributed by atoms with Crippen molar-refractivity contribution in [3.05, 3.63) is 0 Å². The molecule has 2 saturated heterocycles. The van der Waals surface area contributed by atoms with Gasteiger partial charge in [0.15, 0.2) is 0 Å². The van der Waals surface area contributed by atoms with Gasteiger partial charge in [-0.3, -0.25) is 4.90 Å². The summed E-state index contributed by atoms with van der Waals surface area (Å²) in [4.78, 5) is 2.60. The van der Waals surface area contributed by atoms with Gasteiger partial charge < -0.3 is 10.1 Å². The van der Waals surface area contributed by atoms with Crippen LogP contribution in [0.4, 0.5) is 0 Å². The molecule has 0 radical (unpaired) electrons. The molecule has 2 unspecified atom stereocenters. The fourth-order valence-corrected chi connectivity index (χ4v) is 2.70. The first kappa shape index (κ1) is 12.3. The van der Waals surface area contributed by atoms with E-state index in [4.69, 9.17) is 4.74 Å². The molecule has 2 rings (SSSR count). The third-order valence-corrected chi connectivity index (χ3v) is 3.93. The maximum atomic E-state index is 5.85. The Morgan fingerprint density at radius 1 is 1.38 bits per heavy atom. The molecule has 0 aromatic rings. The van der Waals surface area contributed by atoms with E-state index in [9.17, 15) is 0 Å². The number of nitrogens with zero attached hydrogens (tertiary/aromatic N) is 1. The molecule has 0 amide bonds. The Kier molecular flexibility index (Phi) is 3.88. The van der Waals surface area contributed by atoms with Gasteiger partial charge in [-0.05, 0) is 40.0 Å². The van der Waals surface area contributed by atoms with E-state index in [0.717, 1.165) is 26.2 Å². The summed E-state index contributed by atoms with van der Waals surface area (Å²) in [6.07, 6.45) is 4.30. The molecule has 94 valence electrons. The first-order chi connectivity index (χ1) is 7.58. The molecule has 3 heteroatoms. The Morgan fingerprint density at radius 2 is 2.19 bits per heavy atom. The summed E-state index contributed by atoms with van der Waals surface area (Å²) in [5.41, 5.74) is 0.271. The van der Waals surface area contributed by atoms with Crippen LogP contribution in [0.25, 0.3) is 0 Å². The molecule has 3 nitrogen and oxygen atoms in total. The fourth-order valence-electron chi connectivity index (χ4n) is 2.70. The normalized spacial score (nSPS) is 36.2. The summed E-state index contributed by atoms with van der Waals surface area (Å²) in [5, 5.41) is 3.56. The first-order valence-corrected chi connectivity index (χ1v) is 6.68. The summed E-state index contributed by atoms with van der Waals surface area (Å²) >= 11 is 0. The van der Waals surface area contributed by atoms with E-state index in [0.29, 0.717) is 12.1 Å². The van der Waals surface area contributed by atoms with Gasteiger partial charge in [0.2, 0.25) is 0 Å². The van der Waals surface area contributed by atoms with Crippen LogP contribution in [-0.4, -0.2) is 48.8 Å². The average Bonchev–Trinajstić information content (AvgIpc) is 2.26. The standard InChI is InChI=1S/C13H26N2O/c1-11-8-15(13(2,3)10-14-11)9-12-6-4-5-7-16-12/h11-12,14H,4-10H2,1-3H3. The molecule has 16 heavy (non-hydrogen) atoms. The van der Waals surface area contributed by atoms with Crippen LogP contribution < -0.4 is 5.32 Å². The van der Waals surface area contributed by atoms with E-state index in [1.54, 1.807) is 0 Å². The summed E-state index contributed by atoms with van der Waals surface area (Å²) in [5.74, 6) is 0. The van der Waals surface area contributed by atoms with E-state index in [2.05, 4.69) is 31.0 Å². The Morgan fingerprint density at radius 3 is 2.88 bits per heavy atom. The lowest BCUT2D eigenvalue weighted by Gasteiger charge is -2.47. The second kappa shape index (κ2) is 5.03. The van der Waals surface area contributed by atoms with E-state index in [1.165, 1.54) is 19.3 Å². The van der Waals surface area contributed by atoms with Crippen LogP contribution in [0.1, 0.15) is 40.0 Å². The molecule has 2 aliphatic heterocycles. The molecular weight excluding hydrogens is 200 g/mol. The second-order valence-electron chi connectivity index (χ2n) is 5.99. The molecular formula is C13H26N2O. The number of hydrogen-bond donors (Lipinski definition) is 1. The van der Waals surface area contributed by atoms with Crippen molar-refractivity contribution < 1.29 is 4.74 Å². The molecule has 0 bridgehead atoms. The van der Waals surface area contributed by atoms with Gasteiger partial charge in [-0.25, -0.2) is 0 Å². The lowest BCUT2D eigenvalue weighted by Crippen LogP contribution is -2.62. The van der Waals surface area contributed by atoms with E-state index < -0.39 is 0 Å². The predicted molar refractivity (Wildman–Crippen MR) is 66.7 cm³/mol. The summed E-state index contributed by atoms with van der Waals surface area (Å²) in [6, 6.07) is 0.608. The van der Waals surface area contributed by atoms with Crippen LogP contribution in [0.15, 0.2) is 0 Å². The van der Waals surface area contributed by atoms with Crippen molar-refractivity contribution in [3.63, 3.8) is 0 Å².